The van der Waals surface area contributed by atoms with Crippen molar-refractivity contribution in [2.24, 2.45) is 0 Å². The minimum atomic E-state index is -3.40. The summed E-state index contributed by atoms with van der Waals surface area (Å²) in [6, 6.07) is 1.86. The molecule has 0 aliphatic carbocycles. The van der Waals surface area contributed by atoms with Crippen LogP contribution >= 0.6 is 0 Å². The van der Waals surface area contributed by atoms with Crippen LogP contribution in [-0.4, -0.2) is 31.1 Å². The van der Waals surface area contributed by atoms with Gasteiger partial charge in [-0.2, -0.15) is 5.26 Å². The third-order valence-corrected chi connectivity index (χ3v) is 4.42. The van der Waals surface area contributed by atoms with Crippen LogP contribution in [-0.2, 0) is 10.0 Å². The van der Waals surface area contributed by atoms with E-state index in [4.69, 9.17) is 5.26 Å². The van der Waals surface area contributed by atoms with Gasteiger partial charge in [0.1, 0.15) is 0 Å². The normalized spacial score (nSPS) is 13.9. The van der Waals surface area contributed by atoms with Gasteiger partial charge in [-0.15, -0.1) is 0 Å². The summed E-state index contributed by atoms with van der Waals surface area (Å²) in [5.41, 5.74) is 0. The first kappa shape index (κ1) is 13.4. The van der Waals surface area contributed by atoms with Crippen molar-refractivity contribution in [2.75, 3.05) is 13.1 Å². The molecule has 0 fully saturated rings. The van der Waals surface area contributed by atoms with E-state index in [1.54, 1.807) is 13.8 Å². The van der Waals surface area contributed by atoms with E-state index in [-0.39, 0.29) is 0 Å². The van der Waals surface area contributed by atoms with Crippen LogP contribution in [0.25, 0.3) is 0 Å². The fraction of sp³-hybridized carbons (Fsp3) is 0.889. The van der Waals surface area contributed by atoms with Crippen LogP contribution in [0.15, 0.2) is 0 Å². The lowest BCUT2D eigenvalue weighted by atomic mass is 10.3. The van der Waals surface area contributed by atoms with Gasteiger partial charge in [0.05, 0.1) is 6.07 Å². The molecule has 0 saturated heterocycles. The van der Waals surface area contributed by atoms with E-state index < -0.39 is 15.3 Å². The Bertz CT molecular complexity index is 288. The molecule has 0 bridgehead atoms. The summed E-state index contributed by atoms with van der Waals surface area (Å²) in [6.07, 6.45) is 1.12. The van der Waals surface area contributed by atoms with Crippen LogP contribution in [0.3, 0.4) is 0 Å². The number of sulfonamides is 1. The Labute approximate surface area is 86.6 Å². The van der Waals surface area contributed by atoms with Gasteiger partial charge in [0.2, 0.25) is 10.0 Å². The zero-order valence-corrected chi connectivity index (χ0v) is 9.84. The highest BCUT2D eigenvalue weighted by molar-refractivity contribution is 7.90. The Hall–Kier alpha value is -0.600. The topological polar surface area (TPSA) is 61.2 Å². The summed E-state index contributed by atoms with van der Waals surface area (Å²) in [7, 11) is -3.40. The fourth-order valence-corrected chi connectivity index (χ4v) is 3.05. The molecule has 0 saturated carbocycles. The molecular weight excluding hydrogens is 200 g/mol. The Kier molecular flexibility index (Phi) is 5.73. The molecule has 0 amide bonds. The molecule has 0 spiro atoms. The van der Waals surface area contributed by atoms with E-state index in [1.807, 2.05) is 13.0 Å². The predicted molar refractivity (Wildman–Crippen MR) is 56.1 cm³/mol. The Balaban J connectivity index is 4.83. The molecule has 5 heteroatoms. The SMILES string of the molecule is CCCC(C#N)S(=O)(=O)N(CC)CC. The maximum Gasteiger partial charge on any atom is 0.230 e. The number of nitriles is 1. The average Bonchev–Trinajstić information content (AvgIpc) is 2.15. The van der Waals surface area contributed by atoms with Crippen molar-refractivity contribution in [3.63, 3.8) is 0 Å². The zero-order valence-electron chi connectivity index (χ0n) is 9.02. The summed E-state index contributed by atoms with van der Waals surface area (Å²) >= 11 is 0. The Morgan fingerprint density at radius 3 is 2.07 bits per heavy atom. The molecule has 0 aliphatic heterocycles. The summed E-state index contributed by atoms with van der Waals surface area (Å²) in [6.45, 7) is 6.30. The summed E-state index contributed by atoms with van der Waals surface area (Å²) in [5.74, 6) is 0. The van der Waals surface area contributed by atoms with E-state index in [2.05, 4.69) is 0 Å². The third-order valence-electron chi connectivity index (χ3n) is 2.12. The standard InChI is InChI=1S/C9H18N2O2S/c1-4-7-9(8-10)14(12,13)11(5-2)6-3/h9H,4-7H2,1-3H3. The molecular formula is C9H18N2O2S. The van der Waals surface area contributed by atoms with Gasteiger partial charge in [-0.05, 0) is 6.42 Å². The maximum atomic E-state index is 11.8. The number of nitrogens with zero attached hydrogens (tertiary/aromatic N) is 2. The van der Waals surface area contributed by atoms with Crippen LogP contribution < -0.4 is 0 Å². The van der Waals surface area contributed by atoms with Crippen LogP contribution in [0.2, 0.25) is 0 Å². The number of hydrogen-bond donors (Lipinski definition) is 0. The van der Waals surface area contributed by atoms with Gasteiger partial charge in [0, 0.05) is 13.1 Å². The highest BCUT2D eigenvalue weighted by Gasteiger charge is 2.29. The lowest BCUT2D eigenvalue weighted by Crippen LogP contribution is -2.37. The minimum absolute atomic E-state index is 0.412. The molecule has 0 radical (unpaired) electrons. The molecule has 0 rings (SSSR count). The van der Waals surface area contributed by atoms with Crippen molar-refractivity contribution in [1.29, 1.82) is 5.26 Å². The van der Waals surface area contributed by atoms with Gasteiger partial charge >= 0.3 is 0 Å². The first-order chi connectivity index (χ1) is 6.54. The van der Waals surface area contributed by atoms with Gasteiger partial charge in [0.15, 0.2) is 5.25 Å². The van der Waals surface area contributed by atoms with Gasteiger partial charge < -0.3 is 0 Å². The van der Waals surface area contributed by atoms with E-state index >= 15 is 0 Å². The van der Waals surface area contributed by atoms with Crippen LogP contribution in [0, 0.1) is 11.3 Å². The largest absolute Gasteiger partial charge is 0.230 e. The van der Waals surface area contributed by atoms with Crippen molar-refractivity contribution in [2.45, 2.75) is 38.9 Å². The molecule has 1 unspecified atom stereocenters. The minimum Gasteiger partial charge on any atom is -0.211 e. The molecule has 82 valence electrons. The molecule has 1 atom stereocenters. The lowest BCUT2D eigenvalue weighted by Gasteiger charge is -2.21. The van der Waals surface area contributed by atoms with Crippen molar-refractivity contribution < 1.29 is 8.42 Å². The quantitative estimate of drug-likeness (QED) is 0.676. The Morgan fingerprint density at radius 2 is 1.79 bits per heavy atom. The molecule has 0 N–H and O–H groups in total. The third kappa shape index (κ3) is 2.96. The van der Waals surface area contributed by atoms with Crippen molar-refractivity contribution in [3.8, 4) is 6.07 Å². The van der Waals surface area contributed by atoms with E-state index in [0.717, 1.165) is 0 Å². The first-order valence-corrected chi connectivity index (χ1v) is 6.43. The summed E-state index contributed by atoms with van der Waals surface area (Å²) in [5, 5.41) is 7.89. The first-order valence-electron chi connectivity index (χ1n) is 4.93. The summed E-state index contributed by atoms with van der Waals surface area (Å²) in [4.78, 5) is 0. The van der Waals surface area contributed by atoms with Crippen molar-refractivity contribution >= 4 is 10.0 Å². The highest BCUT2D eigenvalue weighted by atomic mass is 32.2. The van der Waals surface area contributed by atoms with E-state index in [0.29, 0.717) is 25.9 Å². The second-order valence-electron chi connectivity index (χ2n) is 3.04. The van der Waals surface area contributed by atoms with E-state index in [1.165, 1.54) is 4.31 Å². The fourth-order valence-electron chi connectivity index (χ4n) is 1.31. The highest BCUT2D eigenvalue weighted by Crippen LogP contribution is 2.13. The van der Waals surface area contributed by atoms with Gasteiger partial charge in [0.25, 0.3) is 0 Å². The second-order valence-corrected chi connectivity index (χ2v) is 5.15. The smallest absolute Gasteiger partial charge is 0.211 e. The van der Waals surface area contributed by atoms with Gasteiger partial charge in [-0.1, -0.05) is 27.2 Å². The van der Waals surface area contributed by atoms with Crippen LogP contribution in [0.5, 0.6) is 0 Å². The second kappa shape index (κ2) is 5.99. The molecule has 14 heavy (non-hydrogen) atoms. The van der Waals surface area contributed by atoms with Gasteiger partial charge in [-0.25, -0.2) is 12.7 Å². The zero-order chi connectivity index (χ0) is 11.2. The van der Waals surface area contributed by atoms with E-state index in [9.17, 15) is 8.42 Å². The number of hydrogen-bond acceptors (Lipinski definition) is 3. The van der Waals surface area contributed by atoms with Crippen LogP contribution in [0.4, 0.5) is 0 Å². The van der Waals surface area contributed by atoms with Crippen molar-refractivity contribution in [1.82, 2.24) is 4.31 Å². The maximum absolute atomic E-state index is 11.8. The lowest BCUT2D eigenvalue weighted by molar-refractivity contribution is 0.438. The van der Waals surface area contributed by atoms with Gasteiger partial charge in [-0.3, -0.25) is 0 Å². The summed E-state index contributed by atoms with van der Waals surface area (Å²) < 4.78 is 25.0. The molecule has 4 nitrogen and oxygen atoms in total. The predicted octanol–water partition coefficient (Wildman–Crippen LogP) is 1.35. The molecule has 0 heterocycles. The monoisotopic (exact) mass is 218 g/mol. The number of rotatable bonds is 6. The molecule has 0 aromatic heterocycles. The molecule has 0 aromatic carbocycles. The average molecular weight is 218 g/mol. The Morgan fingerprint density at radius 1 is 1.29 bits per heavy atom. The molecule has 0 aliphatic rings. The van der Waals surface area contributed by atoms with Crippen molar-refractivity contribution in [3.05, 3.63) is 0 Å². The molecule has 0 aromatic rings. The van der Waals surface area contributed by atoms with Crippen LogP contribution in [0.1, 0.15) is 33.6 Å².